The lowest BCUT2D eigenvalue weighted by atomic mass is 9.44. The highest BCUT2D eigenvalue weighted by atomic mass is 16.5. The van der Waals surface area contributed by atoms with E-state index in [0.29, 0.717) is 17.3 Å². The molecule has 4 aliphatic rings. The van der Waals surface area contributed by atoms with Crippen molar-refractivity contribution >= 4 is 5.97 Å². The largest absolute Gasteiger partial charge is 0.463 e. The quantitative estimate of drug-likeness (QED) is 0.695. The van der Waals surface area contributed by atoms with Crippen molar-refractivity contribution in [2.75, 3.05) is 0 Å². The summed E-state index contributed by atoms with van der Waals surface area (Å²) in [5.41, 5.74) is 0.0995. The Kier molecular flexibility index (Phi) is 4.49. The van der Waals surface area contributed by atoms with Crippen LogP contribution in [0.5, 0.6) is 0 Å². The molecule has 0 bridgehead atoms. The van der Waals surface area contributed by atoms with Gasteiger partial charge in [0.25, 0.3) is 0 Å². The number of carbonyl (C=O) groups is 1. The summed E-state index contributed by atoms with van der Waals surface area (Å²) in [6.07, 6.45) is 11.7. The van der Waals surface area contributed by atoms with Gasteiger partial charge in [0.2, 0.25) is 0 Å². The minimum atomic E-state index is -0.437. The lowest BCUT2D eigenvalue weighted by molar-refractivity contribution is -0.169. The van der Waals surface area contributed by atoms with Crippen LogP contribution in [0.4, 0.5) is 0 Å². The average Bonchev–Trinajstić information content (AvgIpc) is 2.87. The summed E-state index contributed by atoms with van der Waals surface area (Å²) >= 11 is 0. The van der Waals surface area contributed by atoms with Crippen LogP contribution in [0.25, 0.3) is 0 Å². The Morgan fingerprint density at radius 3 is 2.46 bits per heavy atom. The Hall–Kier alpha value is -0.570. The molecule has 0 heterocycles. The molecule has 0 aliphatic heterocycles. The number of fused-ring (bicyclic) bond motifs is 5. The summed E-state index contributed by atoms with van der Waals surface area (Å²) in [6, 6.07) is 0. The summed E-state index contributed by atoms with van der Waals surface area (Å²) < 4.78 is 5.58. The molecule has 0 amide bonds. The van der Waals surface area contributed by atoms with Gasteiger partial charge in [0.05, 0.1) is 5.60 Å². The predicted molar refractivity (Wildman–Crippen MR) is 103 cm³/mol. The monoisotopic (exact) mass is 362 g/mol. The van der Waals surface area contributed by atoms with E-state index in [1.807, 2.05) is 0 Å². The first-order valence-electron chi connectivity index (χ1n) is 11.1. The van der Waals surface area contributed by atoms with Crippen LogP contribution in [0, 0.1) is 34.5 Å². The number of ether oxygens (including phenoxy) is 1. The topological polar surface area (TPSA) is 46.5 Å². The predicted octanol–water partition coefficient (Wildman–Crippen LogP) is 5.10. The third-order valence-electron chi connectivity index (χ3n) is 9.86. The van der Waals surface area contributed by atoms with Gasteiger partial charge in [0, 0.05) is 6.92 Å². The maximum absolute atomic E-state index is 11.4. The summed E-state index contributed by atoms with van der Waals surface area (Å²) in [4.78, 5) is 11.4. The number of hydrogen-bond acceptors (Lipinski definition) is 3. The highest BCUT2D eigenvalue weighted by Crippen LogP contribution is 2.68. The molecular weight excluding hydrogens is 324 g/mol. The number of esters is 1. The van der Waals surface area contributed by atoms with E-state index < -0.39 is 5.60 Å². The molecule has 4 rings (SSSR count). The maximum atomic E-state index is 11.4. The van der Waals surface area contributed by atoms with Gasteiger partial charge in [0.15, 0.2) is 0 Å². The van der Waals surface area contributed by atoms with E-state index in [4.69, 9.17) is 4.74 Å². The van der Waals surface area contributed by atoms with Gasteiger partial charge in [-0.05, 0) is 98.7 Å². The molecule has 4 aliphatic carbocycles. The maximum Gasteiger partial charge on any atom is 0.302 e. The van der Waals surface area contributed by atoms with Crippen molar-refractivity contribution in [1.29, 1.82) is 0 Å². The zero-order valence-electron chi connectivity index (χ0n) is 17.2. The summed E-state index contributed by atoms with van der Waals surface area (Å²) in [5.74, 6) is 2.89. The molecule has 0 radical (unpaired) electrons. The van der Waals surface area contributed by atoms with Crippen LogP contribution in [0.2, 0.25) is 0 Å². The minimum absolute atomic E-state index is 0.120. The van der Waals surface area contributed by atoms with Crippen LogP contribution in [0.15, 0.2) is 0 Å². The zero-order valence-corrected chi connectivity index (χ0v) is 17.2. The fourth-order valence-electron chi connectivity index (χ4n) is 8.25. The van der Waals surface area contributed by atoms with E-state index in [0.717, 1.165) is 37.5 Å². The Morgan fingerprint density at radius 2 is 1.77 bits per heavy atom. The van der Waals surface area contributed by atoms with Crippen molar-refractivity contribution in [1.82, 2.24) is 0 Å². The standard InChI is InChI=1S/C23H38O3/c1-5-23(25)13-10-20-18-7-6-16-14-17(26-15(2)24)8-11-21(16,3)19(18)9-12-22(20,23)4/h16-20,25H,5-14H2,1-4H3/t16?,17?,18?,19?,20?,21?,22?,23-/m0/s1. The Labute approximate surface area is 159 Å². The van der Waals surface area contributed by atoms with E-state index in [1.54, 1.807) is 6.92 Å². The second-order valence-electron chi connectivity index (χ2n) is 10.5. The van der Waals surface area contributed by atoms with Crippen LogP contribution in [-0.2, 0) is 9.53 Å². The number of rotatable bonds is 2. The molecule has 26 heavy (non-hydrogen) atoms. The molecule has 0 aromatic heterocycles. The molecule has 4 fully saturated rings. The van der Waals surface area contributed by atoms with Gasteiger partial charge in [-0.2, -0.15) is 0 Å². The van der Waals surface area contributed by atoms with Crippen LogP contribution in [-0.4, -0.2) is 22.8 Å². The molecule has 0 aromatic carbocycles. The van der Waals surface area contributed by atoms with Gasteiger partial charge in [-0.15, -0.1) is 0 Å². The van der Waals surface area contributed by atoms with E-state index >= 15 is 0 Å². The Balaban J connectivity index is 1.55. The van der Waals surface area contributed by atoms with Crippen molar-refractivity contribution in [2.24, 2.45) is 34.5 Å². The number of aliphatic hydroxyl groups is 1. The van der Waals surface area contributed by atoms with Crippen molar-refractivity contribution in [3.05, 3.63) is 0 Å². The minimum Gasteiger partial charge on any atom is -0.463 e. The first-order chi connectivity index (χ1) is 12.2. The highest BCUT2D eigenvalue weighted by Gasteiger charge is 2.64. The van der Waals surface area contributed by atoms with Crippen molar-refractivity contribution in [3.63, 3.8) is 0 Å². The average molecular weight is 363 g/mol. The molecule has 0 spiro atoms. The number of hydrogen-bond donors (Lipinski definition) is 1. The van der Waals surface area contributed by atoms with Crippen LogP contribution in [0.1, 0.15) is 91.9 Å². The first kappa shape index (κ1) is 18.8. The van der Waals surface area contributed by atoms with Crippen molar-refractivity contribution in [3.8, 4) is 0 Å². The van der Waals surface area contributed by atoms with Gasteiger partial charge in [0.1, 0.15) is 6.10 Å². The van der Waals surface area contributed by atoms with Gasteiger partial charge < -0.3 is 9.84 Å². The SMILES string of the molecule is CC[C@]1(O)CCC2C3CCC4CC(OC(C)=O)CCC4(C)C3CCC21C. The van der Waals surface area contributed by atoms with Gasteiger partial charge in [-0.1, -0.05) is 20.8 Å². The molecule has 0 aromatic rings. The van der Waals surface area contributed by atoms with Gasteiger partial charge in [-0.25, -0.2) is 0 Å². The first-order valence-corrected chi connectivity index (χ1v) is 11.1. The molecular formula is C23H38O3. The third kappa shape index (κ3) is 2.52. The van der Waals surface area contributed by atoms with Crippen LogP contribution < -0.4 is 0 Å². The molecule has 3 nitrogen and oxygen atoms in total. The van der Waals surface area contributed by atoms with E-state index in [2.05, 4.69) is 20.8 Å². The van der Waals surface area contributed by atoms with Crippen molar-refractivity contribution < 1.29 is 14.6 Å². The highest BCUT2D eigenvalue weighted by molar-refractivity contribution is 5.66. The smallest absolute Gasteiger partial charge is 0.302 e. The second-order valence-corrected chi connectivity index (χ2v) is 10.5. The van der Waals surface area contributed by atoms with E-state index in [-0.39, 0.29) is 17.5 Å². The van der Waals surface area contributed by atoms with E-state index in [9.17, 15) is 9.90 Å². The van der Waals surface area contributed by atoms with Crippen molar-refractivity contribution in [2.45, 2.75) is 104 Å². The summed E-state index contributed by atoms with van der Waals surface area (Å²) in [6.45, 7) is 8.66. The van der Waals surface area contributed by atoms with E-state index in [1.165, 1.54) is 38.5 Å². The lowest BCUT2D eigenvalue weighted by Crippen LogP contribution is -2.56. The molecule has 8 atom stereocenters. The lowest BCUT2D eigenvalue weighted by Gasteiger charge is -2.61. The van der Waals surface area contributed by atoms with Gasteiger partial charge in [-0.3, -0.25) is 4.79 Å². The van der Waals surface area contributed by atoms with Crippen LogP contribution >= 0.6 is 0 Å². The normalized spacial score (nSPS) is 53.3. The Morgan fingerprint density at radius 1 is 1.04 bits per heavy atom. The molecule has 0 saturated heterocycles. The summed E-state index contributed by atoms with van der Waals surface area (Å²) in [7, 11) is 0. The molecule has 3 heteroatoms. The Bertz CT molecular complexity index is 574. The second kappa shape index (κ2) is 6.22. The molecule has 4 saturated carbocycles. The molecule has 1 N–H and O–H groups in total. The molecule has 7 unspecified atom stereocenters. The number of carbonyl (C=O) groups excluding carboxylic acids is 1. The van der Waals surface area contributed by atoms with Gasteiger partial charge >= 0.3 is 5.97 Å². The zero-order chi connectivity index (χ0) is 18.7. The fourth-order valence-corrected chi connectivity index (χ4v) is 8.25. The fraction of sp³-hybridized carbons (Fsp3) is 0.957. The molecule has 148 valence electrons. The summed E-state index contributed by atoms with van der Waals surface area (Å²) in [5, 5.41) is 11.3. The van der Waals surface area contributed by atoms with Crippen LogP contribution in [0.3, 0.4) is 0 Å². The third-order valence-corrected chi connectivity index (χ3v) is 9.86.